The third kappa shape index (κ3) is 3.02. The first-order chi connectivity index (χ1) is 20.3. The summed E-state index contributed by atoms with van der Waals surface area (Å²) in [4.78, 5) is 7.44. The minimum absolute atomic E-state index is 0.862. The number of para-hydroxylation sites is 3. The van der Waals surface area contributed by atoms with E-state index in [0.717, 1.165) is 51.7 Å². The SMILES string of the molecule is CCc1nc2cccc3c2n1-c1ccc(-n2c4ccccc4c4c5ccccc5ccc42)cc1N3c1ccccc1. The molecule has 0 bridgehead atoms. The first-order valence-electron chi connectivity index (χ1n) is 14.2. The van der Waals surface area contributed by atoms with Gasteiger partial charge in [-0.1, -0.05) is 79.7 Å². The van der Waals surface area contributed by atoms with Crippen molar-refractivity contribution in [1.29, 1.82) is 0 Å². The molecule has 2 aromatic heterocycles. The summed E-state index contributed by atoms with van der Waals surface area (Å²) in [6, 6.07) is 46.0. The minimum Gasteiger partial charge on any atom is -0.309 e. The lowest BCUT2D eigenvalue weighted by Crippen LogP contribution is -2.19. The maximum Gasteiger partial charge on any atom is 0.114 e. The smallest absolute Gasteiger partial charge is 0.114 e. The van der Waals surface area contributed by atoms with Crippen LogP contribution in [0.3, 0.4) is 0 Å². The third-order valence-corrected chi connectivity index (χ3v) is 8.56. The van der Waals surface area contributed by atoms with Crippen LogP contribution in [0.5, 0.6) is 0 Å². The van der Waals surface area contributed by atoms with Gasteiger partial charge in [-0.3, -0.25) is 4.57 Å². The zero-order valence-electron chi connectivity index (χ0n) is 22.6. The van der Waals surface area contributed by atoms with Crippen molar-refractivity contribution in [2.75, 3.05) is 4.90 Å². The Morgan fingerprint density at radius 1 is 0.561 bits per heavy atom. The standard InChI is InChI=1S/C37H26N4/c1-2-35-38-29-16-10-18-33-37(29)41(35)31-22-20-26(23-34(31)39(33)25-12-4-3-5-13-25)40-30-17-9-8-15-28(30)36-27-14-7-6-11-24(27)19-21-32(36)40/h3-23H,2H2,1H3. The van der Waals surface area contributed by atoms with E-state index in [1.807, 2.05) is 0 Å². The van der Waals surface area contributed by atoms with Crippen molar-refractivity contribution in [3.05, 3.63) is 133 Å². The number of fused-ring (bicyclic) bond motifs is 7. The van der Waals surface area contributed by atoms with Crippen LogP contribution >= 0.6 is 0 Å². The second kappa shape index (κ2) is 8.33. The number of hydrogen-bond acceptors (Lipinski definition) is 2. The molecule has 41 heavy (non-hydrogen) atoms. The first-order valence-corrected chi connectivity index (χ1v) is 14.2. The normalized spacial score (nSPS) is 12.6. The van der Waals surface area contributed by atoms with Crippen molar-refractivity contribution in [2.24, 2.45) is 0 Å². The van der Waals surface area contributed by atoms with E-state index in [-0.39, 0.29) is 0 Å². The highest BCUT2D eigenvalue weighted by Gasteiger charge is 2.29. The van der Waals surface area contributed by atoms with Crippen molar-refractivity contribution >= 4 is 60.7 Å². The van der Waals surface area contributed by atoms with Gasteiger partial charge in [0, 0.05) is 28.6 Å². The summed E-state index contributed by atoms with van der Waals surface area (Å²) in [6.45, 7) is 2.18. The largest absolute Gasteiger partial charge is 0.309 e. The van der Waals surface area contributed by atoms with Crippen LogP contribution in [0.25, 0.3) is 55.0 Å². The summed E-state index contributed by atoms with van der Waals surface area (Å²) in [5.41, 5.74) is 10.3. The van der Waals surface area contributed by atoms with Gasteiger partial charge in [0.05, 0.1) is 39.1 Å². The molecule has 0 unspecified atom stereocenters. The highest BCUT2D eigenvalue weighted by Crippen LogP contribution is 2.48. The molecule has 0 fully saturated rings. The molecule has 4 nitrogen and oxygen atoms in total. The van der Waals surface area contributed by atoms with Gasteiger partial charge in [-0.25, -0.2) is 4.98 Å². The molecule has 0 amide bonds. The first kappa shape index (κ1) is 22.5. The number of imidazole rings is 1. The van der Waals surface area contributed by atoms with E-state index in [9.17, 15) is 0 Å². The Kier molecular flexibility index (Phi) is 4.56. The summed E-state index contributed by atoms with van der Waals surface area (Å²) in [5, 5.41) is 5.11. The van der Waals surface area contributed by atoms with Crippen LogP contribution in [0.4, 0.5) is 17.1 Å². The van der Waals surface area contributed by atoms with Crippen LogP contribution in [0.1, 0.15) is 12.7 Å². The van der Waals surface area contributed by atoms with Crippen molar-refractivity contribution in [3.63, 3.8) is 0 Å². The van der Waals surface area contributed by atoms with Gasteiger partial charge in [0.15, 0.2) is 0 Å². The molecule has 6 aromatic carbocycles. The zero-order valence-corrected chi connectivity index (χ0v) is 22.6. The molecule has 0 atom stereocenters. The van der Waals surface area contributed by atoms with E-state index < -0.39 is 0 Å². The maximum absolute atomic E-state index is 5.04. The molecule has 0 saturated heterocycles. The quantitative estimate of drug-likeness (QED) is 0.229. The van der Waals surface area contributed by atoms with Crippen molar-refractivity contribution in [3.8, 4) is 11.4 Å². The maximum atomic E-state index is 5.04. The van der Waals surface area contributed by atoms with Gasteiger partial charge in [0.1, 0.15) is 5.82 Å². The third-order valence-electron chi connectivity index (χ3n) is 8.56. The van der Waals surface area contributed by atoms with Crippen LogP contribution in [-0.2, 0) is 6.42 Å². The minimum atomic E-state index is 0.862. The van der Waals surface area contributed by atoms with Crippen LogP contribution in [-0.4, -0.2) is 14.1 Å². The topological polar surface area (TPSA) is 26.0 Å². The fraction of sp³-hybridized carbons (Fsp3) is 0.0541. The molecule has 0 aliphatic carbocycles. The van der Waals surface area contributed by atoms with Crippen molar-refractivity contribution in [1.82, 2.24) is 14.1 Å². The molecule has 0 radical (unpaired) electrons. The number of benzene rings is 6. The van der Waals surface area contributed by atoms with Gasteiger partial charge in [-0.15, -0.1) is 0 Å². The monoisotopic (exact) mass is 526 g/mol. The fourth-order valence-corrected chi connectivity index (χ4v) is 6.86. The molecule has 9 rings (SSSR count). The van der Waals surface area contributed by atoms with Gasteiger partial charge in [-0.2, -0.15) is 0 Å². The second-order valence-corrected chi connectivity index (χ2v) is 10.7. The molecular formula is C37H26N4. The number of hydrogen-bond donors (Lipinski definition) is 0. The van der Waals surface area contributed by atoms with Gasteiger partial charge >= 0.3 is 0 Å². The van der Waals surface area contributed by atoms with E-state index in [1.165, 1.54) is 32.6 Å². The van der Waals surface area contributed by atoms with E-state index in [0.29, 0.717) is 0 Å². The molecule has 1 aliphatic rings. The van der Waals surface area contributed by atoms with E-state index >= 15 is 0 Å². The van der Waals surface area contributed by atoms with Crippen molar-refractivity contribution < 1.29 is 0 Å². The lowest BCUT2D eigenvalue weighted by atomic mass is 10.0. The number of nitrogens with zero attached hydrogens (tertiary/aromatic N) is 4. The zero-order chi connectivity index (χ0) is 27.1. The molecule has 0 spiro atoms. The molecule has 3 heterocycles. The molecule has 4 heteroatoms. The molecule has 194 valence electrons. The van der Waals surface area contributed by atoms with Gasteiger partial charge in [0.25, 0.3) is 0 Å². The Morgan fingerprint density at radius 2 is 1.37 bits per heavy atom. The average Bonchev–Trinajstić information content (AvgIpc) is 3.58. The van der Waals surface area contributed by atoms with Crippen LogP contribution in [0, 0.1) is 0 Å². The highest BCUT2D eigenvalue weighted by molar-refractivity contribution is 6.21. The molecule has 1 aliphatic heterocycles. The summed E-state index contributed by atoms with van der Waals surface area (Å²) in [5.74, 6) is 1.08. The van der Waals surface area contributed by atoms with Crippen LogP contribution in [0.2, 0.25) is 0 Å². The van der Waals surface area contributed by atoms with Crippen LogP contribution < -0.4 is 4.90 Å². The molecule has 0 N–H and O–H groups in total. The summed E-state index contributed by atoms with van der Waals surface area (Å²) in [7, 11) is 0. The summed E-state index contributed by atoms with van der Waals surface area (Å²) < 4.78 is 4.79. The van der Waals surface area contributed by atoms with Crippen molar-refractivity contribution in [2.45, 2.75) is 13.3 Å². The molecule has 8 aromatic rings. The average molecular weight is 527 g/mol. The Morgan fingerprint density at radius 3 is 2.24 bits per heavy atom. The number of aromatic nitrogens is 3. The number of rotatable bonds is 3. The lowest BCUT2D eigenvalue weighted by Gasteiger charge is -2.33. The summed E-state index contributed by atoms with van der Waals surface area (Å²) in [6.07, 6.45) is 0.862. The Balaban J connectivity index is 1.39. The Bertz CT molecular complexity index is 2310. The van der Waals surface area contributed by atoms with E-state index in [1.54, 1.807) is 0 Å². The van der Waals surface area contributed by atoms with E-state index in [4.69, 9.17) is 4.98 Å². The van der Waals surface area contributed by atoms with Gasteiger partial charge in [0.2, 0.25) is 0 Å². The number of aryl methyl sites for hydroxylation is 1. The van der Waals surface area contributed by atoms with Gasteiger partial charge < -0.3 is 9.47 Å². The fourth-order valence-electron chi connectivity index (χ4n) is 6.86. The lowest BCUT2D eigenvalue weighted by molar-refractivity contribution is 0.899. The molecular weight excluding hydrogens is 500 g/mol. The Labute approximate surface area is 237 Å². The van der Waals surface area contributed by atoms with Crippen LogP contribution in [0.15, 0.2) is 127 Å². The predicted molar refractivity (Wildman–Crippen MR) is 171 cm³/mol. The second-order valence-electron chi connectivity index (χ2n) is 10.7. The molecule has 0 saturated carbocycles. The number of anilines is 3. The predicted octanol–water partition coefficient (Wildman–Crippen LogP) is 9.62. The van der Waals surface area contributed by atoms with Gasteiger partial charge in [-0.05, 0) is 65.4 Å². The van der Waals surface area contributed by atoms with E-state index in [2.05, 4.69) is 148 Å². The Hall–Kier alpha value is -5.35. The summed E-state index contributed by atoms with van der Waals surface area (Å²) >= 11 is 0. The highest BCUT2D eigenvalue weighted by atomic mass is 15.2.